The van der Waals surface area contributed by atoms with E-state index >= 15 is 0 Å². The van der Waals surface area contributed by atoms with E-state index in [0.29, 0.717) is 0 Å². The van der Waals surface area contributed by atoms with E-state index in [1.807, 2.05) is 0 Å². The van der Waals surface area contributed by atoms with Crippen LogP contribution in [-0.4, -0.2) is 35.6 Å². The molecule has 2 N–H and O–H groups in total. The van der Waals surface area contributed by atoms with Gasteiger partial charge in [0.05, 0.1) is 0 Å². The Morgan fingerprint density at radius 2 is 1.64 bits per heavy atom. The summed E-state index contributed by atoms with van der Waals surface area (Å²) in [6.07, 6.45) is 10.2. The summed E-state index contributed by atoms with van der Waals surface area (Å²) in [5.41, 5.74) is 2.62. The summed E-state index contributed by atoms with van der Waals surface area (Å²) >= 11 is -2.36. The van der Waals surface area contributed by atoms with Crippen LogP contribution in [0.4, 0.5) is 4.79 Å². The van der Waals surface area contributed by atoms with Crippen LogP contribution < -0.4 is 5.32 Å². The number of carbonyl (C=O) groups is 1. The summed E-state index contributed by atoms with van der Waals surface area (Å²) in [7, 11) is 0. The molecule has 156 valence electrons. The topological polar surface area (TPSA) is 49.3 Å². The Morgan fingerprint density at radius 1 is 1.07 bits per heavy atom. The standard InChI is InChI=1S/C12H12NO2.3C4H9.Sn/c1-2-9-10-6-4-3-5-8(10)7-11(9)13-12(14)15;3*1-3-4-2;/h1-6,9,11,13H,7H2,(H,14,15);3*1,3-4H2,2H3;/t9-,11-;;;;/m0..../s1. The maximum absolute atomic E-state index is 11.4. The average Bonchev–Trinajstić information content (AvgIpc) is 3.03. The average molecular weight is 492 g/mol. The predicted octanol–water partition coefficient (Wildman–Crippen LogP) is 6.91. The zero-order chi connectivity index (χ0) is 20.4. The first-order valence-corrected chi connectivity index (χ1v) is 19.0. The van der Waals surface area contributed by atoms with Crippen LogP contribution in [0, 0.1) is 0 Å². The molecule has 0 radical (unpaired) electrons. The van der Waals surface area contributed by atoms with Gasteiger partial charge in [-0.1, -0.05) is 0 Å². The molecule has 0 fully saturated rings. The van der Waals surface area contributed by atoms with E-state index in [1.165, 1.54) is 63.0 Å². The van der Waals surface area contributed by atoms with Crippen LogP contribution >= 0.6 is 0 Å². The van der Waals surface area contributed by atoms with Crippen molar-refractivity contribution in [1.29, 1.82) is 0 Å². The van der Waals surface area contributed by atoms with Gasteiger partial charge in [0.2, 0.25) is 0 Å². The molecule has 0 bridgehead atoms. The number of fused-ring (bicyclic) bond motifs is 1. The number of amides is 1. The van der Waals surface area contributed by atoms with Gasteiger partial charge in [0.15, 0.2) is 0 Å². The van der Waals surface area contributed by atoms with E-state index < -0.39 is 24.5 Å². The van der Waals surface area contributed by atoms with Gasteiger partial charge in [-0.15, -0.1) is 0 Å². The molecular weight excluding hydrogens is 453 g/mol. The number of hydrogen-bond acceptors (Lipinski definition) is 1. The molecule has 4 heteroatoms. The molecule has 3 nitrogen and oxygen atoms in total. The van der Waals surface area contributed by atoms with Crippen LogP contribution in [-0.2, 0) is 6.42 Å². The Morgan fingerprint density at radius 3 is 2.18 bits per heavy atom. The second-order valence-electron chi connectivity index (χ2n) is 8.52. The van der Waals surface area contributed by atoms with Gasteiger partial charge in [-0.2, -0.15) is 0 Å². The number of nitrogens with one attached hydrogen (secondary N) is 1. The van der Waals surface area contributed by atoms with Crippen LogP contribution in [0.3, 0.4) is 0 Å². The SMILES string of the molecule is CCC[CH2][Sn](/[CH]=C/[C@H]1c2ccccc2C[C@@H]1NC(=O)O)([CH2]CCC)[CH2]CCC. The molecule has 1 aliphatic rings. The summed E-state index contributed by atoms with van der Waals surface area (Å²) in [6, 6.07) is 8.47. The molecule has 1 aliphatic carbocycles. The first-order valence-electron chi connectivity index (χ1n) is 11.3. The number of benzene rings is 1. The van der Waals surface area contributed by atoms with Gasteiger partial charge < -0.3 is 0 Å². The summed E-state index contributed by atoms with van der Waals surface area (Å²) in [5, 5.41) is 12.1. The Bertz CT molecular complexity index is 621. The van der Waals surface area contributed by atoms with Crippen LogP contribution in [0.5, 0.6) is 0 Å². The fourth-order valence-corrected chi connectivity index (χ4v) is 19.1. The van der Waals surface area contributed by atoms with Crippen molar-refractivity contribution < 1.29 is 9.90 Å². The minimum absolute atomic E-state index is 0.0290. The van der Waals surface area contributed by atoms with Gasteiger partial charge in [0, 0.05) is 0 Å². The van der Waals surface area contributed by atoms with Gasteiger partial charge in [-0.05, 0) is 0 Å². The molecule has 28 heavy (non-hydrogen) atoms. The van der Waals surface area contributed by atoms with E-state index in [1.54, 1.807) is 0 Å². The van der Waals surface area contributed by atoms with E-state index in [2.05, 4.69) is 60.5 Å². The molecule has 0 aliphatic heterocycles. The number of carboxylic acid groups (broad SMARTS) is 1. The third-order valence-electron chi connectivity index (χ3n) is 6.34. The molecule has 0 spiro atoms. The van der Waals surface area contributed by atoms with E-state index in [9.17, 15) is 9.90 Å². The van der Waals surface area contributed by atoms with Gasteiger partial charge >= 0.3 is 176 Å². The van der Waals surface area contributed by atoms with Crippen LogP contribution in [0.15, 0.2) is 34.4 Å². The van der Waals surface area contributed by atoms with E-state index in [0.717, 1.165) is 6.42 Å². The quantitative estimate of drug-likeness (QED) is 0.312. The molecule has 2 atom stereocenters. The fraction of sp³-hybridized carbons (Fsp3) is 0.625. The van der Waals surface area contributed by atoms with E-state index in [4.69, 9.17) is 0 Å². The number of unbranched alkanes of at least 4 members (excludes halogenated alkanes) is 3. The van der Waals surface area contributed by atoms with Crippen LogP contribution in [0.25, 0.3) is 0 Å². The summed E-state index contributed by atoms with van der Waals surface area (Å²) in [5.74, 6) is 0.188. The summed E-state index contributed by atoms with van der Waals surface area (Å²) in [4.78, 5) is 11.4. The predicted molar refractivity (Wildman–Crippen MR) is 122 cm³/mol. The molecule has 2 rings (SSSR count). The number of rotatable bonds is 12. The molecule has 0 saturated heterocycles. The first kappa shape index (κ1) is 23.3. The van der Waals surface area contributed by atoms with Crippen molar-refractivity contribution in [1.82, 2.24) is 5.32 Å². The third-order valence-corrected chi connectivity index (χ3v) is 20.5. The van der Waals surface area contributed by atoms with Gasteiger partial charge in [0.25, 0.3) is 0 Å². The van der Waals surface area contributed by atoms with Gasteiger partial charge in [0.1, 0.15) is 0 Å². The second kappa shape index (κ2) is 11.9. The van der Waals surface area contributed by atoms with Gasteiger partial charge in [-0.3, -0.25) is 0 Å². The Kier molecular flexibility index (Phi) is 9.90. The normalized spacial score (nSPS) is 19.1. The molecular formula is C24H39NO2Sn. The zero-order valence-corrected chi connectivity index (χ0v) is 20.9. The van der Waals surface area contributed by atoms with Crippen molar-refractivity contribution in [3.05, 3.63) is 45.6 Å². The fourth-order valence-electron chi connectivity index (χ4n) is 4.68. The van der Waals surface area contributed by atoms with Crippen molar-refractivity contribution in [2.75, 3.05) is 0 Å². The Labute approximate surface area is 175 Å². The Hall–Kier alpha value is -0.971. The molecule has 1 aromatic carbocycles. The molecule has 1 aromatic rings. The maximum atomic E-state index is 11.4. The molecule has 0 unspecified atom stereocenters. The van der Waals surface area contributed by atoms with Crippen molar-refractivity contribution in [3.63, 3.8) is 0 Å². The van der Waals surface area contributed by atoms with E-state index in [-0.39, 0.29) is 12.0 Å². The van der Waals surface area contributed by atoms with Crippen molar-refractivity contribution in [3.8, 4) is 0 Å². The molecule has 1 amide bonds. The van der Waals surface area contributed by atoms with Crippen LogP contribution in [0.1, 0.15) is 76.3 Å². The van der Waals surface area contributed by atoms with Crippen molar-refractivity contribution in [2.24, 2.45) is 0 Å². The number of hydrogen-bond donors (Lipinski definition) is 2. The summed E-state index contributed by atoms with van der Waals surface area (Å²) in [6.45, 7) is 6.92. The molecule has 0 heterocycles. The Balaban J connectivity index is 2.30. The summed E-state index contributed by atoms with van der Waals surface area (Å²) < 4.78 is 7.05. The molecule has 0 aromatic heterocycles. The minimum atomic E-state index is -2.36. The zero-order valence-electron chi connectivity index (χ0n) is 18.0. The van der Waals surface area contributed by atoms with Crippen molar-refractivity contribution in [2.45, 2.75) is 91.0 Å². The van der Waals surface area contributed by atoms with Crippen molar-refractivity contribution >= 4 is 24.5 Å². The third kappa shape index (κ3) is 6.53. The van der Waals surface area contributed by atoms with Crippen LogP contribution in [0.2, 0.25) is 13.3 Å². The van der Waals surface area contributed by atoms with Gasteiger partial charge in [-0.25, -0.2) is 0 Å². The first-order chi connectivity index (χ1) is 13.5. The second-order valence-corrected chi connectivity index (χ2v) is 21.5. The monoisotopic (exact) mass is 493 g/mol. The molecule has 0 saturated carbocycles.